The molecule has 1 saturated heterocycles. The molecule has 0 atom stereocenters. The summed E-state index contributed by atoms with van der Waals surface area (Å²) in [4.78, 5) is 12.7. The fourth-order valence-corrected chi connectivity index (χ4v) is 5.26. The zero-order valence-electron chi connectivity index (χ0n) is 18.5. The molecular formula is C26H25N5OS. The molecule has 6 nitrogen and oxygen atoms in total. The first kappa shape index (κ1) is 21.4. The minimum atomic E-state index is 0.538. The summed E-state index contributed by atoms with van der Waals surface area (Å²) in [5.74, 6) is 1.40. The van der Waals surface area contributed by atoms with E-state index in [0.717, 1.165) is 44.2 Å². The second-order valence-electron chi connectivity index (χ2n) is 8.22. The molecule has 1 fully saturated rings. The van der Waals surface area contributed by atoms with Gasteiger partial charge in [0.1, 0.15) is 18.4 Å². The molecule has 0 spiro atoms. The maximum Gasteiger partial charge on any atom is 0.227 e. The van der Waals surface area contributed by atoms with Crippen LogP contribution in [0.15, 0.2) is 54.7 Å². The Hall–Kier alpha value is -3.47. The summed E-state index contributed by atoms with van der Waals surface area (Å²) in [7, 11) is 0. The number of aromatic nitrogens is 2. The number of thiophene rings is 1. The molecule has 0 amide bonds. The molecule has 1 aliphatic heterocycles. The normalized spacial score (nSPS) is 13.8. The Kier molecular flexibility index (Phi) is 6.20. The number of benzene rings is 2. The number of rotatable bonds is 7. The summed E-state index contributed by atoms with van der Waals surface area (Å²) in [6.45, 7) is 6.06. The molecule has 0 radical (unpaired) electrons. The van der Waals surface area contributed by atoms with Crippen molar-refractivity contribution in [1.82, 2.24) is 14.9 Å². The van der Waals surface area contributed by atoms with Crippen molar-refractivity contribution in [2.24, 2.45) is 0 Å². The lowest BCUT2D eigenvalue weighted by Crippen LogP contribution is -2.25. The second-order valence-corrected chi connectivity index (χ2v) is 9.27. The van der Waals surface area contributed by atoms with E-state index in [0.29, 0.717) is 18.1 Å². The fraction of sp³-hybridized carbons (Fsp3) is 0.269. The Morgan fingerprint density at radius 1 is 1.15 bits per heavy atom. The van der Waals surface area contributed by atoms with Gasteiger partial charge in [-0.2, -0.15) is 5.26 Å². The highest BCUT2D eigenvalue weighted by Crippen LogP contribution is 2.36. The number of hydrogen-bond acceptors (Lipinski definition) is 7. The van der Waals surface area contributed by atoms with Crippen molar-refractivity contribution in [1.29, 1.82) is 5.26 Å². The highest BCUT2D eigenvalue weighted by atomic mass is 32.1. The van der Waals surface area contributed by atoms with Gasteiger partial charge in [0.05, 0.1) is 20.8 Å². The predicted molar refractivity (Wildman–Crippen MR) is 133 cm³/mol. The molecule has 7 heteroatoms. The van der Waals surface area contributed by atoms with Gasteiger partial charge in [-0.05, 0) is 80.2 Å². The third-order valence-corrected chi connectivity index (χ3v) is 7.05. The Morgan fingerprint density at radius 3 is 2.76 bits per heavy atom. The number of ether oxygens (including phenoxy) is 1. The van der Waals surface area contributed by atoms with E-state index in [4.69, 9.17) is 9.72 Å². The number of nitrogens with one attached hydrogen (secondary N) is 1. The highest BCUT2D eigenvalue weighted by molar-refractivity contribution is 7.22. The predicted octanol–water partition coefficient (Wildman–Crippen LogP) is 5.76. The van der Waals surface area contributed by atoms with Crippen LogP contribution < -0.4 is 10.1 Å². The molecule has 0 aliphatic carbocycles. The monoisotopic (exact) mass is 455 g/mol. The highest BCUT2D eigenvalue weighted by Gasteiger charge is 2.13. The summed E-state index contributed by atoms with van der Waals surface area (Å²) in [5, 5.41) is 13.8. The van der Waals surface area contributed by atoms with Crippen LogP contribution in [-0.4, -0.2) is 41.1 Å². The Morgan fingerprint density at radius 2 is 1.97 bits per heavy atom. The van der Waals surface area contributed by atoms with E-state index in [1.165, 1.54) is 25.9 Å². The van der Waals surface area contributed by atoms with Gasteiger partial charge in [0, 0.05) is 18.4 Å². The van der Waals surface area contributed by atoms with E-state index in [9.17, 15) is 5.26 Å². The first-order chi connectivity index (χ1) is 16.2. The molecular weight excluding hydrogens is 430 g/mol. The molecule has 0 bridgehead atoms. The average molecular weight is 456 g/mol. The standard InChI is InChI=1S/C26H25N5OS/c1-18-17-28-26(30-24(18)23-15-19-5-4-6-20(16-27)25(19)33-23)29-21-7-9-22(10-8-21)32-14-13-31-11-2-3-12-31/h4-10,15,17H,2-3,11-14H2,1H3,(H,28,29,30). The summed E-state index contributed by atoms with van der Waals surface area (Å²) in [6.07, 6.45) is 4.43. The van der Waals surface area contributed by atoms with E-state index in [1.54, 1.807) is 11.3 Å². The van der Waals surface area contributed by atoms with Crippen LogP contribution in [0.25, 0.3) is 20.7 Å². The lowest BCUT2D eigenvalue weighted by Gasteiger charge is -2.15. The van der Waals surface area contributed by atoms with E-state index in [1.807, 2.05) is 55.6 Å². The maximum absolute atomic E-state index is 9.41. The van der Waals surface area contributed by atoms with Crippen molar-refractivity contribution in [2.45, 2.75) is 19.8 Å². The van der Waals surface area contributed by atoms with E-state index in [-0.39, 0.29) is 0 Å². The fourth-order valence-electron chi connectivity index (χ4n) is 4.08. The molecule has 1 N–H and O–H groups in total. The second kappa shape index (κ2) is 9.57. The van der Waals surface area contributed by atoms with Crippen LogP contribution in [0.1, 0.15) is 24.0 Å². The van der Waals surface area contributed by atoms with E-state index in [2.05, 4.69) is 27.3 Å². The van der Waals surface area contributed by atoms with Gasteiger partial charge in [-0.15, -0.1) is 11.3 Å². The zero-order valence-corrected chi connectivity index (χ0v) is 19.4. The number of anilines is 2. The minimum absolute atomic E-state index is 0.538. The van der Waals surface area contributed by atoms with Crippen molar-refractivity contribution < 1.29 is 4.74 Å². The SMILES string of the molecule is Cc1cnc(Nc2ccc(OCCN3CCCC3)cc2)nc1-c1cc2cccc(C#N)c2s1. The minimum Gasteiger partial charge on any atom is -0.492 e. The molecule has 0 saturated carbocycles. The van der Waals surface area contributed by atoms with Crippen molar-refractivity contribution in [3.8, 4) is 22.4 Å². The molecule has 166 valence electrons. The summed E-state index contributed by atoms with van der Waals surface area (Å²) in [6, 6.07) is 18.1. The van der Waals surface area contributed by atoms with Crippen LogP contribution in [0.4, 0.5) is 11.6 Å². The van der Waals surface area contributed by atoms with Crippen LogP contribution >= 0.6 is 11.3 Å². The largest absolute Gasteiger partial charge is 0.492 e. The van der Waals surface area contributed by atoms with Gasteiger partial charge < -0.3 is 10.1 Å². The van der Waals surface area contributed by atoms with Gasteiger partial charge in [-0.25, -0.2) is 9.97 Å². The van der Waals surface area contributed by atoms with E-state index < -0.39 is 0 Å². The summed E-state index contributed by atoms with van der Waals surface area (Å²) >= 11 is 1.59. The lowest BCUT2D eigenvalue weighted by atomic mass is 10.1. The van der Waals surface area contributed by atoms with Crippen LogP contribution in [0.5, 0.6) is 5.75 Å². The van der Waals surface area contributed by atoms with Crippen LogP contribution in [-0.2, 0) is 0 Å². The molecule has 5 rings (SSSR count). The summed E-state index contributed by atoms with van der Waals surface area (Å²) < 4.78 is 6.88. The van der Waals surface area contributed by atoms with Crippen molar-refractivity contribution >= 4 is 33.1 Å². The number of likely N-dealkylation sites (tertiary alicyclic amines) is 1. The van der Waals surface area contributed by atoms with Gasteiger partial charge in [-0.1, -0.05) is 12.1 Å². The Labute approximate surface area is 197 Å². The number of nitriles is 1. The number of nitrogens with zero attached hydrogens (tertiary/aromatic N) is 4. The maximum atomic E-state index is 9.41. The lowest BCUT2D eigenvalue weighted by molar-refractivity contribution is 0.238. The van der Waals surface area contributed by atoms with Crippen molar-refractivity contribution in [2.75, 3.05) is 31.6 Å². The first-order valence-electron chi connectivity index (χ1n) is 11.2. The number of hydrogen-bond donors (Lipinski definition) is 1. The Balaban J connectivity index is 1.29. The molecule has 4 aromatic rings. The van der Waals surface area contributed by atoms with Crippen molar-refractivity contribution in [3.63, 3.8) is 0 Å². The van der Waals surface area contributed by atoms with Gasteiger partial charge >= 0.3 is 0 Å². The molecule has 0 unspecified atom stereocenters. The van der Waals surface area contributed by atoms with Crippen LogP contribution in [0, 0.1) is 18.3 Å². The first-order valence-corrected chi connectivity index (χ1v) is 12.0. The quantitative estimate of drug-likeness (QED) is 0.382. The number of fused-ring (bicyclic) bond motifs is 1. The van der Waals surface area contributed by atoms with Gasteiger partial charge in [0.2, 0.25) is 5.95 Å². The molecule has 3 heterocycles. The van der Waals surface area contributed by atoms with Gasteiger partial charge in [-0.3, -0.25) is 4.90 Å². The zero-order chi connectivity index (χ0) is 22.6. The third kappa shape index (κ3) is 4.82. The van der Waals surface area contributed by atoms with Gasteiger partial charge in [0.25, 0.3) is 0 Å². The van der Waals surface area contributed by atoms with Crippen LogP contribution in [0.3, 0.4) is 0 Å². The molecule has 2 aromatic heterocycles. The molecule has 1 aliphatic rings. The van der Waals surface area contributed by atoms with Gasteiger partial charge in [0.15, 0.2) is 0 Å². The van der Waals surface area contributed by atoms with Crippen molar-refractivity contribution in [3.05, 3.63) is 65.9 Å². The van der Waals surface area contributed by atoms with E-state index >= 15 is 0 Å². The average Bonchev–Trinajstić information content (AvgIpc) is 3.51. The smallest absolute Gasteiger partial charge is 0.227 e. The molecule has 2 aromatic carbocycles. The molecule has 33 heavy (non-hydrogen) atoms. The van der Waals surface area contributed by atoms with Crippen LogP contribution in [0.2, 0.25) is 0 Å². The Bertz CT molecular complexity index is 1300. The summed E-state index contributed by atoms with van der Waals surface area (Å²) in [5.41, 5.74) is 3.46. The number of aryl methyl sites for hydroxylation is 1. The third-order valence-electron chi connectivity index (χ3n) is 5.86. The topological polar surface area (TPSA) is 74.1 Å².